The zero-order valence-corrected chi connectivity index (χ0v) is 12.7. The quantitative estimate of drug-likeness (QED) is 0.590. The average molecular weight is 256 g/mol. The summed E-state index contributed by atoms with van der Waals surface area (Å²) < 4.78 is 0. The highest BCUT2D eigenvalue weighted by atomic mass is 16.1. The Morgan fingerprint density at radius 1 is 1.17 bits per heavy atom. The lowest BCUT2D eigenvalue weighted by molar-refractivity contribution is -0.125. The van der Waals surface area contributed by atoms with E-state index in [1.165, 1.54) is 25.7 Å². The number of hydrogen-bond donors (Lipinski definition) is 2. The van der Waals surface area contributed by atoms with Gasteiger partial charge in [0.25, 0.3) is 0 Å². The maximum Gasteiger partial charge on any atom is 0.224 e. The third-order valence-corrected chi connectivity index (χ3v) is 3.29. The maximum atomic E-state index is 12.0. The Hall–Kier alpha value is -0.570. The number of amides is 1. The van der Waals surface area contributed by atoms with Crippen molar-refractivity contribution in [3.05, 3.63) is 0 Å². The lowest BCUT2D eigenvalue weighted by atomic mass is 9.96. The second kappa shape index (κ2) is 10.4. The van der Waals surface area contributed by atoms with E-state index < -0.39 is 0 Å². The first-order chi connectivity index (χ1) is 8.51. The Balaban J connectivity index is 3.89. The van der Waals surface area contributed by atoms with E-state index in [1.807, 2.05) is 0 Å². The van der Waals surface area contributed by atoms with E-state index in [1.54, 1.807) is 0 Å². The monoisotopic (exact) mass is 256 g/mol. The molecule has 0 heterocycles. The van der Waals surface area contributed by atoms with Crippen molar-refractivity contribution in [3.8, 4) is 0 Å². The van der Waals surface area contributed by atoms with E-state index in [0.717, 1.165) is 12.8 Å². The van der Waals surface area contributed by atoms with Crippen molar-refractivity contribution in [3.63, 3.8) is 0 Å². The van der Waals surface area contributed by atoms with Gasteiger partial charge in [-0.3, -0.25) is 4.79 Å². The summed E-state index contributed by atoms with van der Waals surface area (Å²) in [5.74, 6) is 0.626. The van der Waals surface area contributed by atoms with Gasteiger partial charge in [-0.25, -0.2) is 0 Å². The van der Waals surface area contributed by atoms with Crippen LogP contribution in [-0.2, 0) is 4.79 Å². The normalized spacial score (nSPS) is 14.6. The molecule has 0 radical (unpaired) electrons. The number of carbonyl (C=O) groups excluding carboxylic acids is 1. The number of nitrogens with one attached hydrogen (secondary N) is 1. The fourth-order valence-corrected chi connectivity index (χ4v) is 2.19. The van der Waals surface area contributed by atoms with Crippen LogP contribution in [0.25, 0.3) is 0 Å². The summed E-state index contributed by atoms with van der Waals surface area (Å²) in [5.41, 5.74) is 5.68. The van der Waals surface area contributed by atoms with Gasteiger partial charge < -0.3 is 11.1 Å². The smallest absolute Gasteiger partial charge is 0.224 e. The SMILES string of the molecule is CCCCCCC(C)NC(=O)C(CN)CC(C)C. The van der Waals surface area contributed by atoms with E-state index in [4.69, 9.17) is 5.73 Å². The van der Waals surface area contributed by atoms with Crippen LogP contribution in [0, 0.1) is 11.8 Å². The molecule has 0 aliphatic heterocycles. The fourth-order valence-electron chi connectivity index (χ4n) is 2.19. The third-order valence-electron chi connectivity index (χ3n) is 3.29. The van der Waals surface area contributed by atoms with Crippen LogP contribution in [0.1, 0.15) is 66.2 Å². The van der Waals surface area contributed by atoms with E-state index >= 15 is 0 Å². The molecule has 0 saturated carbocycles. The van der Waals surface area contributed by atoms with Crippen molar-refractivity contribution < 1.29 is 4.79 Å². The summed E-state index contributed by atoms with van der Waals surface area (Å²) in [7, 11) is 0. The molecule has 0 aromatic carbocycles. The largest absolute Gasteiger partial charge is 0.353 e. The van der Waals surface area contributed by atoms with Gasteiger partial charge in [-0.15, -0.1) is 0 Å². The van der Waals surface area contributed by atoms with Crippen molar-refractivity contribution in [2.45, 2.75) is 72.3 Å². The minimum Gasteiger partial charge on any atom is -0.353 e. The summed E-state index contributed by atoms with van der Waals surface area (Å²) >= 11 is 0. The highest BCUT2D eigenvalue weighted by Crippen LogP contribution is 2.12. The first-order valence-corrected chi connectivity index (χ1v) is 7.51. The molecule has 0 aromatic rings. The zero-order chi connectivity index (χ0) is 14.0. The predicted molar refractivity (Wildman–Crippen MR) is 78.4 cm³/mol. The van der Waals surface area contributed by atoms with E-state index in [2.05, 4.69) is 33.0 Å². The molecule has 1 amide bonds. The molecule has 108 valence electrons. The molecule has 0 spiro atoms. The van der Waals surface area contributed by atoms with E-state index in [9.17, 15) is 4.79 Å². The number of hydrogen-bond acceptors (Lipinski definition) is 2. The van der Waals surface area contributed by atoms with Gasteiger partial charge in [0.2, 0.25) is 5.91 Å². The molecule has 3 heteroatoms. The van der Waals surface area contributed by atoms with Crippen LogP contribution in [0.4, 0.5) is 0 Å². The zero-order valence-electron chi connectivity index (χ0n) is 12.7. The molecule has 0 aliphatic rings. The lowest BCUT2D eigenvalue weighted by Gasteiger charge is -2.20. The summed E-state index contributed by atoms with van der Waals surface area (Å²) in [6.07, 6.45) is 6.97. The molecular weight excluding hydrogens is 224 g/mol. The molecule has 18 heavy (non-hydrogen) atoms. The van der Waals surface area contributed by atoms with Gasteiger partial charge in [0.15, 0.2) is 0 Å². The number of carbonyl (C=O) groups is 1. The summed E-state index contributed by atoms with van der Waals surface area (Å²) in [6.45, 7) is 9.01. The molecule has 0 fully saturated rings. The molecule has 0 aromatic heterocycles. The minimum absolute atomic E-state index is 0.0249. The van der Waals surface area contributed by atoms with Gasteiger partial charge >= 0.3 is 0 Å². The van der Waals surface area contributed by atoms with E-state index in [-0.39, 0.29) is 17.9 Å². The molecule has 0 aliphatic carbocycles. The molecule has 2 unspecified atom stereocenters. The topological polar surface area (TPSA) is 55.1 Å². The Bertz CT molecular complexity index is 217. The van der Waals surface area contributed by atoms with Gasteiger partial charge in [0.05, 0.1) is 5.92 Å². The minimum atomic E-state index is -0.0249. The van der Waals surface area contributed by atoms with Crippen LogP contribution in [0.5, 0.6) is 0 Å². The fraction of sp³-hybridized carbons (Fsp3) is 0.933. The van der Waals surface area contributed by atoms with Crippen LogP contribution >= 0.6 is 0 Å². The number of nitrogens with two attached hydrogens (primary N) is 1. The van der Waals surface area contributed by atoms with Gasteiger partial charge in [0, 0.05) is 12.6 Å². The highest BCUT2D eigenvalue weighted by molar-refractivity contribution is 5.79. The Morgan fingerprint density at radius 2 is 1.83 bits per heavy atom. The standard InChI is InChI=1S/C15H32N2O/c1-5-6-7-8-9-13(4)17-15(18)14(11-16)10-12(2)3/h12-14H,5-11,16H2,1-4H3,(H,17,18). The maximum absolute atomic E-state index is 12.0. The van der Waals surface area contributed by atoms with Gasteiger partial charge in [-0.2, -0.15) is 0 Å². The molecule has 3 nitrogen and oxygen atoms in total. The Morgan fingerprint density at radius 3 is 2.33 bits per heavy atom. The van der Waals surface area contributed by atoms with Gasteiger partial charge in [-0.1, -0.05) is 46.5 Å². The molecule has 0 rings (SSSR count). The van der Waals surface area contributed by atoms with Gasteiger partial charge in [-0.05, 0) is 25.7 Å². The number of rotatable bonds is 10. The highest BCUT2D eigenvalue weighted by Gasteiger charge is 2.19. The Labute approximate surface area is 113 Å². The third kappa shape index (κ3) is 8.51. The number of unbranched alkanes of at least 4 members (excludes halogenated alkanes) is 3. The molecule has 0 bridgehead atoms. The van der Waals surface area contributed by atoms with Crippen molar-refractivity contribution in [1.82, 2.24) is 5.32 Å². The van der Waals surface area contributed by atoms with Crippen LogP contribution in [0.3, 0.4) is 0 Å². The molecule has 3 N–H and O–H groups in total. The van der Waals surface area contributed by atoms with Crippen molar-refractivity contribution >= 4 is 5.91 Å². The van der Waals surface area contributed by atoms with E-state index in [0.29, 0.717) is 12.5 Å². The Kier molecular flexibility index (Phi) is 10.0. The lowest BCUT2D eigenvalue weighted by Crippen LogP contribution is -2.40. The van der Waals surface area contributed by atoms with Crippen molar-refractivity contribution in [1.29, 1.82) is 0 Å². The second-order valence-corrected chi connectivity index (χ2v) is 5.82. The molecule has 2 atom stereocenters. The van der Waals surface area contributed by atoms with Gasteiger partial charge in [0.1, 0.15) is 0 Å². The predicted octanol–water partition coefficient (Wildman–Crippen LogP) is 3.08. The van der Waals surface area contributed by atoms with Crippen LogP contribution in [0.15, 0.2) is 0 Å². The van der Waals surface area contributed by atoms with Crippen molar-refractivity contribution in [2.24, 2.45) is 17.6 Å². The first kappa shape index (κ1) is 17.4. The summed E-state index contributed by atoms with van der Waals surface area (Å²) in [4.78, 5) is 12.0. The van der Waals surface area contributed by atoms with Crippen LogP contribution in [0.2, 0.25) is 0 Å². The summed E-state index contributed by atoms with van der Waals surface area (Å²) in [5, 5.41) is 3.09. The summed E-state index contributed by atoms with van der Waals surface area (Å²) in [6, 6.07) is 0.274. The molecule has 0 saturated heterocycles. The van der Waals surface area contributed by atoms with Crippen molar-refractivity contribution in [2.75, 3.05) is 6.54 Å². The second-order valence-electron chi connectivity index (χ2n) is 5.82. The van der Waals surface area contributed by atoms with Crippen LogP contribution < -0.4 is 11.1 Å². The first-order valence-electron chi connectivity index (χ1n) is 7.51. The molecular formula is C15H32N2O. The average Bonchev–Trinajstić information content (AvgIpc) is 2.31. The van der Waals surface area contributed by atoms with Crippen LogP contribution in [-0.4, -0.2) is 18.5 Å².